The highest BCUT2D eigenvalue weighted by atomic mass is 16.1. The van der Waals surface area contributed by atoms with Crippen LogP contribution in [0.3, 0.4) is 0 Å². The molecule has 0 aliphatic heterocycles. The summed E-state index contributed by atoms with van der Waals surface area (Å²) >= 11 is 0. The molecule has 0 radical (unpaired) electrons. The number of aryl methyl sites for hydroxylation is 1. The summed E-state index contributed by atoms with van der Waals surface area (Å²) in [6, 6.07) is 36.5. The van der Waals surface area contributed by atoms with Gasteiger partial charge in [0.1, 0.15) is 5.82 Å². The van der Waals surface area contributed by atoms with E-state index >= 15 is 0 Å². The van der Waals surface area contributed by atoms with Gasteiger partial charge in [0.05, 0.1) is 11.6 Å². The largest absolute Gasteiger partial charge is 0.366 e. The molecule has 0 aliphatic rings. The van der Waals surface area contributed by atoms with Gasteiger partial charge in [-0.3, -0.25) is 4.79 Å². The maximum atomic E-state index is 12.5. The van der Waals surface area contributed by atoms with E-state index in [9.17, 15) is 4.79 Å². The van der Waals surface area contributed by atoms with Crippen molar-refractivity contribution in [3.05, 3.63) is 149 Å². The second-order valence-corrected chi connectivity index (χ2v) is 8.76. The molecule has 5 rings (SSSR count). The van der Waals surface area contributed by atoms with Gasteiger partial charge in [-0.15, -0.1) is 0 Å². The van der Waals surface area contributed by atoms with E-state index in [2.05, 4.69) is 53.2 Å². The van der Waals surface area contributed by atoms with Crippen LogP contribution in [0.5, 0.6) is 0 Å². The van der Waals surface area contributed by atoms with E-state index in [0.717, 1.165) is 33.8 Å². The summed E-state index contributed by atoms with van der Waals surface area (Å²) in [7, 11) is 0. The van der Waals surface area contributed by atoms with Crippen LogP contribution in [0, 0.1) is 6.92 Å². The molecule has 0 aliphatic carbocycles. The first kappa shape index (κ1) is 22.4. The van der Waals surface area contributed by atoms with Gasteiger partial charge in [0.2, 0.25) is 5.91 Å². The van der Waals surface area contributed by atoms with Gasteiger partial charge >= 0.3 is 0 Å². The van der Waals surface area contributed by atoms with Crippen LogP contribution in [0.4, 0.5) is 0 Å². The Morgan fingerprint density at radius 2 is 1.49 bits per heavy atom. The van der Waals surface area contributed by atoms with Crippen molar-refractivity contribution in [3.63, 3.8) is 0 Å². The fraction of sp³-hybridized carbons (Fsp3) is 0.0968. The number of hydrogen-bond donors (Lipinski definition) is 1. The first-order valence-electron chi connectivity index (χ1n) is 11.7. The second kappa shape index (κ2) is 9.82. The van der Waals surface area contributed by atoms with Gasteiger partial charge in [-0.1, -0.05) is 109 Å². The van der Waals surface area contributed by atoms with Crippen LogP contribution in [0.15, 0.2) is 115 Å². The van der Waals surface area contributed by atoms with Gasteiger partial charge in [-0.05, 0) is 29.7 Å². The molecule has 1 amide bonds. The van der Waals surface area contributed by atoms with E-state index in [0.29, 0.717) is 12.1 Å². The molecule has 0 unspecified atom stereocenters. The highest BCUT2D eigenvalue weighted by Crippen LogP contribution is 2.36. The molecule has 1 heterocycles. The van der Waals surface area contributed by atoms with Gasteiger partial charge in [0, 0.05) is 23.9 Å². The van der Waals surface area contributed by atoms with Gasteiger partial charge in [0.15, 0.2) is 0 Å². The molecule has 0 bridgehead atoms. The van der Waals surface area contributed by atoms with Gasteiger partial charge in [-0.2, -0.15) is 0 Å². The Kier molecular flexibility index (Phi) is 6.27. The van der Waals surface area contributed by atoms with Crippen LogP contribution in [-0.4, -0.2) is 15.5 Å². The number of aromatic nitrogens is 2. The normalized spacial score (nSPS) is 11.8. The number of primary amides is 1. The van der Waals surface area contributed by atoms with Crippen molar-refractivity contribution in [2.75, 3.05) is 0 Å². The first-order valence-corrected chi connectivity index (χ1v) is 11.7. The summed E-state index contributed by atoms with van der Waals surface area (Å²) < 4.78 is 2.20. The number of benzene rings is 4. The molecular formula is C31H27N3O. The number of nitrogens with two attached hydrogens (primary N) is 1. The molecule has 5 aromatic rings. The SMILES string of the molecule is Cc1ccc(C(N)=O)c([C@@H](c2ccccc2)c2nc(-c3ccccc3)cn2Cc2ccccc2)c1. The molecule has 1 aromatic heterocycles. The molecule has 2 N–H and O–H groups in total. The Labute approximate surface area is 205 Å². The molecule has 4 nitrogen and oxygen atoms in total. The lowest BCUT2D eigenvalue weighted by atomic mass is 9.86. The maximum absolute atomic E-state index is 12.5. The second-order valence-electron chi connectivity index (χ2n) is 8.76. The molecule has 35 heavy (non-hydrogen) atoms. The lowest BCUT2D eigenvalue weighted by molar-refractivity contribution is 0.0999. The van der Waals surface area contributed by atoms with Crippen molar-refractivity contribution in [1.29, 1.82) is 0 Å². The van der Waals surface area contributed by atoms with Crippen molar-refractivity contribution in [2.45, 2.75) is 19.4 Å². The Balaban J connectivity index is 1.75. The molecular weight excluding hydrogens is 430 g/mol. The van der Waals surface area contributed by atoms with Crippen LogP contribution in [0.25, 0.3) is 11.3 Å². The highest BCUT2D eigenvalue weighted by Gasteiger charge is 2.27. The minimum absolute atomic E-state index is 0.264. The number of amides is 1. The average molecular weight is 458 g/mol. The van der Waals surface area contributed by atoms with E-state index in [1.807, 2.05) is 73.7 Å². The predicted octanol–water partition coefficient (Wildman–Crippen LogP) is 6.19. The highest BCUT2D eigenvalue weighted by molar-refractivity contribution is 5.95. The van der Waals surface area contributed by atoms with Crippen molar-refractivity contribution < 1.29 is 4.79 Å². The molecule has 172 valence electrons. The van der Waals surface area contributed by atoms with Crippen molar-refractivity contribution >= 4 is 5.91 Å². The summed E-state index contributed by atoms with van der Waals surface area (Å²) in [4.78, 5) is 17.7. The summed E-state index contributed by atoms with van der Waals surface area (Å²) in [5, 5.41) is 0. The van der Waals surface area contributed by atoms with E-state index in [4.69, 9.17) is 10.7 Å². The van der Waals surface area contributed by atoms with Gasteiger partial charge in [-0.25, -0.2) is 4.98 Å². The van der Waals surface area contributed by atoms with Gasteiger partial charge < -0.3 is 10.3 Å². The van der Waals surface area contributed by atoms with Crippen LogP contribution < -0.4 is 5.73 Å². The molecule has 0 saturated heterocycles. The maximum Gasteiger partial charge on any atom is 0.249 e. The van der Waals surface area contributed by atoms with Crippen LogP contribution in [0.1, 0.15) is 44.4 Å². The van der Waals surface area contributed by atoms with E-state index in [1.54, 1.807) is 0 Å². The molecule has 0 fully saturated rings. The number of imidazole rings is 1. The molecule has 0 spiro atoms. The van der Waals surface area contributed by atoms with E-state index in [1.165, 1.54) is 5.56 Å². The smallest absolute Gasteiger partial charge is 0.249 e. The third-order valence-electron chi connectivity index (χ3n) is 6.25. The van der Waals surface area contributed by atoms with Crippen molar-refractivity contribution in [1.82, 2.24) is 9.55 Å². The zero-order valence-electron chi connectivity index (χ0n) is 19.6. The summed E-state index contributed by atoms with van der Waals surface area (Å²) in [6.07, 6.45) is 2.10. The quantitative estimate of drug-likeness (QED) is 0.317. The molecule has 1 atom stereocenters. The number of carbonyl (C=O) groups excluding carboxylic acids is 1. The Morgan fingerprint density at radius 3 is 2.14 bits per heavy atom. The fourth-order valence-electron chi connectivity index (χ4n) is 4.57. The van der Waals surface area contributed by atoms with Gasteiger partial charge in [0.25, 0.3) is 0 Å². The number of rotatable bonds is 7. The zero-order chi connectivity index (χ0) is 24.2. The average Bonchev–Trinajstić information content (AvgIpc) is 3.29. The third kappa shape index (κ3) is 4.78. The van der Waals surface area contributed by atoms with Crippen molar-refractivity contribution in [3.8, 4) is 11.3 Å². The Bertz CT molecular complexity index is 1440. The Hall–Kier alpha value is -4.44. The van der Waals surface area contributed by atoms with E-state index in [-0.39, 0.29) is 5.92 Å². The monoisotopic (exact) mass is 457 g/mol. The fourth-order valence-corrected chi connectivity index (χ4v) is 4.57. The topological polar surface area (TPSA) is 60.9 Å². The summed E-state index contributed by atoms with van der Waals surface area (Å²) in [5.41, 5.74) is 12.5. The van der Waals surface area contributed by atoms with Crippen LogP contribution in [-0.2, 0) is 6.54 Å². The number of carbonyl (C=O) groups is 1. The van der Waals surface area contributed by atoms with Crippen LogP contribution in [0.2, 0.25) is 0 Å². The first-order chi connectivity index (χ1) is 17.1. The molecule has 4 aromatic carbocycles. The predicted molar refractivity (Wildman–Crippen MR) is 140 cm³/mol. The van der Waals surface area contributed by atoms with Crippen molar-refractivity contribution in [2.24, 2.45) is 5.73 Å². The minimum atomic E-state index is -0.439. The zero-order valence-corrected chi connectivity index (χ0v) is 19.6. The molecule has 0 saturated carbocycles. The number of nitrogens with zero attached hydrogens (tertiary/aromatic N) is 2. The minimum Gasteiger partial charge on any atom is -0.366 e. The van der Waals surface area contributed by atoms with Crippen LogP contribution >= 0.6 is 0 Å². The Morgan fingerprint density at radius 1 is 0.857 bits per heavy atom. The van der Waals surface area contributed by atoms with E-state index < -0.39 is 5.91 Å². The lowest BCUT2D eigenvalue weighted by Crippen LogP contribution is -2.19. The third-order valence-corrected chi connectivity index (χ3v) is 6.25. The lowest BCUT2D eigenvalue weighted by Gasteiger charge is -2.22. The molecule has 4 heteroatoms. The summed E-state index contributed by atoms with van der Waals surface area (Å²) in [5.74, 6) is 0.164. The standard InChI is InChI=1S/C31H27N3O/c1-22-17-18-26(30(32)35)27(19-22)29(25-15-9-4-10-16-25)31-33-28(24-13-7-3-8-14-24)21-34(31)20-23-11-5-2-6-12-23/h2-19,21,29H,20H2,1H3,(H2,32,35)/t29-/m1/s1. The number of hydrogen-bond acceptors (Lipinski definition) is 2. The summed E-state index contributed by atoms with van der Waals surface area (Å²) in [6.45, 7) is 2.69.